The molecule has 0 aliphatic carbocycles. The van der Waals surface area contributed by atoms with Gasteiger partial charge < -0.3 is 10.2 Å². The normalized spacial score (nSPS) is 12.3. The summed E-state index contributed by atoms with van der Waals surface area (Å²) in [5.41, 5.74) is -0.114. The maximum Gasteiger partial charge on any atom is 0.416 e. The van der Waals surface area contributed by atoms with Crippen molar-refractivity contribution < 1.29 is 40.2 Å². The van der Waals surface area contributed by atoms with Crippen molar-refractivity contribution >= 4 is 31.4 Å². The predicted octanol–water partition coefficient (Wildman–Crippen LogP) is 4.00. The molecule has 8 nitrogen and oxygen atoms in total. The van der Waals surface area contributed by atoms with E-state index in [9.17, 15) is 35.1 Å². The van der Waals surface area contributed by atoms with Gasteiger partial charge in [0, 0.05) is 6.61 Å². The summed E-state index contributed by atoms with van der Waals surface area (Å²) in [6.45, 7) is -0.343. The smallest absolute Gasteiger partial charge is 0.416 e. The average Bonchev–Trinajstić information content (AvgIpc) is 2.79. The van der Waals surface area contributed by atoms with E-state index in [1.165, 1.54) is 42.5 Å². The van der Waals surface area contributed by atoms with Crippen molar-refractivity contribution in [2.24, 2.45) is 0 Å². The van der Waals surface area contributed by atoms with Gasteiger partial charge in [-0.1, -0.05) is 24.3 Å². The number of nitrogens with one attached hydrogen (secondary N) is 2. The molecule has 0 unspecified atom stereocenters. The summed E-state index contributed by atoms with van der Waals surface area (Å²) < 4.78 is 92.2. The molecular formula is C22H21F3N2O6S2. The summed E-state index contributed by atoms with van der Waals surface area (Å²) in [5.74, 6) is -0.828. The third-order valence-electron chi connectivity index (χ3n) is 4.80. The second-order valence-corrected chi connectivity index (χ2v) is 11.0. The molecule has 3 rings (SSSR count). The van der Waals surface area contributed by atoms with Crippen LogP contribution in [0.2, 0.25) is 0 Å². The second-order valence-electron chi connectivity index (χ2n) is 7.44. The Labute approximate surface area is 200 Å². The van der Waals surface area contributed by atoms with Crippen molar-refractivity contribution in [1.82, 2.24) is 0 Å². The number of benzene rings is 3. The number of halogens is 3. The lowest BCUT2D eigenvalue weighted by atomic mass is 10.0. The number of rotatable bonds is 9. The molecule has 0 aliphatic rings. The van der Waals surface area contributed by atoms with E-state index in [0.717, 1.165) is 24.3 Å². The molecule has 0 aliphatic heterocycles. The van der Waals surface area contributed by atoms with Crippen LogP contribution in [-0.4, -0.2) is 39.4 Å². The maximum absolute atomic E-state index is 12.8. The molecule has 13 heteroatoms. The van der Waals surface area contributed by atoms with Crippen molar-refractivity contribution in [3.05, 3.63) is 72.3 Å². The zero-order valence-electron chi connectivity index (χ0n) is 17.9. The van der Waals surface area contributed by atoms with Crippen LogP contribution in [0.4, 0.5) is 24.5 Å². The Balaban J connectivity index is 1.78. The number of aromatic hydroxyl groups is 1. The quantitative estimate of drug-likeness (QED) is 0.244. The molecule has 0 saturated carbocycles. The van der Waals surface area contributed by atoms with E-state index in [1.54, 1.807) is 0 Å². The Morgan fingerprint density at radius 1 is 0.800 bits per heavy atom. The molecule has 0 aromatic heterocycles. The van der Waals surface area contributed by atoms with Crippen molar-refractivity contribution in [1.29, 1.82) is 0 Å². The van der Waals surface area contributed by atoms with Gasteiger partial charge in [-0.2, -0.15) is 13.2 Å². The molecule has 3 aromatic rings. The fourth-order valence-electron chi connectivity index (χ4n) is 3.05. The Hall–Kier alpha value is -3.29. The Morgan fingerprint density at radius 3 is 1.91 bits per heavy atom. The van der Waals surface area contributed by atoms with E-state index in [4.69, 9.17) is 5.11 Å². The van der Waals surface area contributed by atoms with Gasteiger partial charge in [0.15, 0.2) is 0 Å². The van der Waals surface area contributed by atoms with Gasteiger partial charge in [-0.3, -0.25) is 9.44 Å². The average molecular weight is 531 g/mol. The number of aliphatic hydroxyl groups excluding tert-OH is 1. The number of hydrogen-bond acceptors (Lipinski definition) is 6. The lowest BCUT2D eigenvalue weighted by molar-refractivity contribution is -0.137. The van der Waals surface area contributed by atoms with Gasteiger partial charge in [-0.05, 0) is 60.0 Å². The van der Waals surface area contributed by atoms with E-state index in [0.29, 0.717) is 11.1 Å². The van der Waals surface area contributed by atoms with Crippen LogP contribution in [0.25, 0.3) is 11.1 Å². The molecule has 0 saturated heterocycles. The predicted molar refractivity (Wildman–Crippen MR) is 125 cm³/mol. The minimum atomic E-state index is -4.46. The zero-order chi connectivity index (χ0) is 25.9. The Bertz CT molecular complexity index is 1390. The SMILES string of the molecule is O=S(=O)(CCCO)Nc1cc(NS(=O)(=O)c2ccc(-c3ccc(C(F)(F)F)cc3)cc2)ccc1O. The van der Waals surface area contributed by atoms with Crippen LogP contribution in [-0.2, 0) is 26.2 Å². The highest BCUT2D eigenvalue weighted by Crippen LogP contribution is 2.32. The van der Waals surface area contributed by atoms with E-state index in [-0.39, 0.29) is 29.3 Å². The summed E-state index contributed by atoms with van der Waals surface area (Å²) in [6.07, 6.45) is -4.49. The summed E-state index contributed by atoms with van der Waals surface area (Å²) >= 11 is 0. The van der Waals surface area contributed by atoms with E-state index >= 15 is 0 Å². The first-order valence-corrected chi connectivity index (χ1v) is 13.2. The highest BCUT2D eigenvalue weighted by molar-refractivity contribution is 7.93. The van der Waals surface area contributed by atoms with Gasteiger partial charge in [-0.25, -0.2) is 16.8 Å². The molecule has 0 atom stereocenters. The molecule has 0 bridgehead atoms. The zero-order valence-corrected chi connectivity index (χ0v) is 19.6. The molecule has 3 aromatic carbocycles. The van der Waals surface area contributed by atoms with Crippen LogP contribution in [0.1, 0.15) is 12.0 Å². The van der Waals surface area contributed by atoms with Gasteiger partial charge in [0.25, 0.3) is 10.0 Å². The summed E-state index contributed by atoms with van der Waals surface area (Å²) in [5, 5.41) is 18.7. The van der Waals surface area contributed by atoms with Crippen molar-refractivity contribution in [2.45, 2.75) is 17.5 Å². The van der Waals surface area contributed by atoms with Crippen molar-refractivity contribution in [2.75, 3.05) is 21.8 Å². The molecule has 0 radical (unpaired) electrons. The topological polar surface area (TPSA) is 133 Å². The monoisotopic (exact) mass is 530 g/mol. The highest BCUT2D eigenvalue weighted by Gasteiger charge is 2.30. The first-order valence-electron chi connectivity index (χ1n) is 10.1. The standard InChI is InChI=1S/C22H21F3N2O6S2/c23-22(24,25)17-6-2-15(3-7-17)16-4-9-19(10-5-16)35(32,33)26-18-8-11-21(29)20(14-18)27-34(30,31)13-1-12-28/h2-11,14,26-29H,1,12-13H2. The van der Waals surface area contributed by atoms with Crippen LogP contribution in [0.5, 0.6) is 5.75 Å². The van der Waals surface area contributed by atoms with Gasteiger partial charge in [-0.15, -0.1) is 0 Å². The van der Waals surface area contributed by atoms with Crippen molar-refractivity contribution in [3.8, 4) is 16.9 Å². The first kappa shape index (κ1) is 26.3. The fourth-order valence-corrected chi connectivity index (χ4v) is 5.21. The summed E-state index contributed by atoms with van der Waals surface area (Å²) in [7, 11) is -8.00. The van der Waals surface area contributed by atoms with Crippen LogP contribution < -0.4 is 9.44 Å². The molecule has 0 heterocycles. The Kier molecular flexibility index (Phi) is 7.62. The van der Waals surface area contributed by atoms with Crippen molar-refractivity contribution in [3.63, 3.8) is 0 Å². The number of anilines is 2. The molecule has 4 N–H and O–H groups in total. The fraction of sp³-hybridized carbons (Fsp3) is 0.182. The van der Waals surface area contributed by atoms with Gasteiger partial charge >= 0.3 is 6.18 Å². The van der Waals surface area contributed by atoms with Crippen LogP contribution in [0.15, 0.2) is 71.6 Å². The maximum atomic E-state index is 12.8. The summed E-state index contributed by atoms with van der Waals surface area (Å²) in [6, 6.07) is 13.3. The molecule has 0 amide bonds. The lowest BCUT2D eigenvalue weighted by Gasteiger charge is -2.13. The van der Waals surface area contributed by atoms with Gasteiger partial charge in [0.05, 0.1) is 27.6 Å². The minimum Gasteiger partial charge on any atom is -0.506 e. The van der Waals surface area contributed by atoms with Crippen LogP contribution >= 0.6 is 0 Å². The van der Waals surface area contributed by atoms with E-state index in [1.807, 2.05) is 0 Å². The number of hydrogen-bond donors (Lipinski definition) is 4. The number of aliphatic hydroxyl groups is 1. The number of alkyl halides is 3. The van der Waals surface area contributed by atoms with Crippen LogP contribution in [0.3, 0.4) is 0 Å². The molecular weight excluding hydrogens is 509 g/mol. The molecule has 188 valence electrons. The number of sulfonamides is 2. The molecule has 0 fully saturated rings. The third kappa shape index (κ3) is 6.87. The number of phenols is 1. The molecule has 35 heavy (non-hydrogen) atoms. The second kappa shape index (κ2) is 10.1. The van der Waals surface area contributed by atoms with Gasteiger partial charge in [0.2, 0.25) is 10.0 Å². The van der Waals surface area contributed by atoms with Crippen LogP contribution in [0, 0.1) is 0 Å². The Morgan fingerprint density at radius 2 is 1.37 bits per heavy atom. The highest BCUT2D eigenvalue weighted by atomic mass is 32.2. The summed E-state index contributed by atoms with van der Waals surface area (Å²) in [4.78, 5) is -0.147. The molecule has 0 spiro atoms. The first-order chi connectivity index (χ1) is 16.3. The minimum absolute atomic E-state index is 0.0229. The number of phenolic OH excluding ortho intramolecular Hbond substituents is 1. The third-order valence-corrected chi connectivity index (χ3v) is 7.55. The van der Waals surface area contributed by atoms with Gasteiger partial charge in [0.1, 0.15) is 5.75 Å². The van der Waals surface area contributed by atoms with E-state index in [2.05, 4.69) is 9.44 Å². The largest absolute Gasteiger partial charge is 0.506 e. The lowest BCUT2D eigenvalue weighted by Crippen LogP contribution is -2.18. The van der Waals surface area contributed by atoms with E-state index < -0.39 is 43.3 Å².